The predicted octanol–water partition coefficient (Wildman–Crippen LogP) is 3.90. The van der Waals surface area contributed by atoms with Crippen molar-refractivity contribution in [3.63, 3.8) is 0 Å². The van der Waals surface area contributed by atoms with E-state index in [1.807, 2.05) is 54.6 Å². The van der Waals surface area contributed by atoms with Crippen LogP contribution in [0.4, 0.5) is 0 Å². The molecule has 1 aromatic heterocycles. The Bertz CT molecular complexity index is 822. The molecule has 0 aliphatic rings. The molecule has 4 heteroatoms. The highest BCUT2D eigenvalue weighted by atomic mass is 16.5. The Hall–Kier alpha value is -2.88. The van der Waals surface area contributed by atoms with Gasteiger partial charge in [0.2, 0.25) is 0 Å². The Morgan fingerprint density at radius 1 is 1.04 bits per heavy atom. The average molecular weight is 307 g/mol. The molecule has 23 heavy (non-hydrogen) atoms. The van der Waals surface area contributed by atoms with Crippen LogP contribution in [0.5, 0.6) is 5.75 Å². The van der Waals surface area contributed by atoms with E-state index < -0.39 is 6.10 Å². The standard InChI is InChI=1S/C19H17NO3/c1-13(21)23-19(15-7-9-16(22-2)10-8-15)18-17-6-4-3-5-14(17)11-12-20-18/h3-12,19H,1-2H3. The molecule has 0 N–H and O–H groups in total. The number of aromatic nitrogens is 1. The maximum atomic E-state index is 11.6. The van der Waals surface area contributed by atoms with E-state index in [4.69, 9.17) is 9.47 Å². The average Bonchev–Trinajstić information content (AvgIpc) is 2.59. The summed E-state index contributed by atoms with van der Waals surface area (Å²) in [5.41, 5.74) is 1.58. The monoisotopic (exact) mass is 307 g/mol. The molecule has 0 radical (unpaired) electrons. The molecule has 3 rings (SSSR count). The molecular weight excluding hydrogens is 290 g/mol. The number of rotatable bonds is 4. The maximum Gasteiger partial charge on any atom is 0.303 e. The smallest absolute Gasteiger partial charge is 0.303 e. The van der Waals surface area contributed by atoms with Crippen LogP contribution in [-0.2, 0) is 9.53 Å². The van der Waals surface area contributed by atoms with Gasteiger partial charge in [-0.1, -0.05) is 36.4 Å². The first-order chi connectivity index (χ1) is 11.2. The summed E-state index contributed by atoms with van der Waals surface area (Å²) in [5, 5.41) is 2.03. The minimum absolute atomic E-state index is 0.347. The lowest BCUT2D eigenvalue weighted by molar-refractivity contribution is -0.144. The van der Waals surface area contributed by atoms with E-state index in [1.54, 1.807) is 13.3 Å². The van der Waals surface area contributed by atoms with Crippen LogP contribution in [-0.4, -0.2) is 18.1 Å². The van der Waals surface area contributed by atoms with Gasteiger partial charge < -0.3 is 9.47 Å². The van der Waals surface area contributed by atoms with Gasteiger partial charge in [0.1, 0.15) is 5.75 Å². The van der Waals surface area contributed by atoms with Gasteiger partial charge in [0.25, 0.3) is 0 Å². The highest BCUT2D eigenvalue weighted by Gasteiger charge is 2.21. The minimum Gasteiger partial charge on any atom is -0.497 e. The van der Waals surface area contributed by atoms with Gasteiger partial charge in [-0.3, -0.25) is 9.78 Å². The van der Waals surface area contributed by atoms with E-state index in [2.05, 4.69) is 4.98 Å². The molecule has 0 bridgehead atoms. The summed E-state index contributed by atoms with van der Waals surface area (Å²) < 4.78 is 10.7. The van der Waals surface area contributed by atoms with E-state index in [1.165, 1.54) is 6.92 Å². The molecule has 0 spiro atoms. The number of esters is 1. The Morgan fingerprint density at radius 3 is 2.48 bits per heavy atom. The maximum absolute atomic E-state index is 11.6. The van der Waals surface area contributed by atoms with Crippen molar-refractivity contribution < 1.29 is 14.3 Å². The molecule has 0 aliphatic carbocycles. The first-order valence-electron chi connectivity index (χ1n) is 7.34. The number of hydrogen-bond donors (Lipinski definition) is 0. The van der Waals surface area contributed by atoms with E-state index >= 15 is 0 Å². The number of pyridine rings is 1. The number of fused-ring (bicyclic) bond motifs is 1. The Labute approximate surface area is 134 Å². The third-order valence-electron chi connectivity index (χ3n) is 3.66. The second-order valence-corrected chi connectivity index (χ2v) is 5.18. The molecule has 2 aromatic carbocycles. The van der Waals surface area contributed by atoms with Crippen molar-refractivity contribution in [1.82, 2.24) is 4.98 Å². The van der Waals surface area contributed by atoms with Crippen molar-refractivity contribution >= 4 is 16.7 Å². The number of carbonyl (C=O) groups is 1. The molecule has 1 heterocycles. The summed E-state index contributed by atoms with van der Waals surface area (Å²) in [4.78, 5) is 16.1. The van der Waals surface area contributed by atoms with Crippen molar-refractivity contribution in [1.29, 1.82) is 0 Å². The van der Waals surface area contributed by atoms with Crippen molar-refractivity contribution in [3.8, 4) is 5.75 Å². The summed E-state index contributed by atoms with van der Waals surface area (Å²) in [7, 11) is 1.62. The van der Waals surface area contributed by atoms with Crippen LogP contribution in [0.15, 0.2) is 60.8 Å². The van der Waals surface area contributed by atoms with Gasteiger partial charge in [0.05, 0.1) is 12.8 Å². The zero-order chi connectivity index (χ0) is 16.2. The summed E-state index contributed by atoms with van der Waals surface area (Å²) in [6.45, 7) is 1.40. The molecule has 1 unspecified atom stereocenters. The molecule has 0 amide bonds. The van der Waals surface area contributed by atoms with Crippen LogP contribution in [0, 0.1) is 0 Å². The lowest BCUT2D eigenvalue weighted by atomic mass is 10.0. The van der Waals surface area contributed by atoms with Crippen molar-refractivity contribution in [2.24, 2.45) is 0 Å². The molecule has 0 aliphatic heterocycles. The van der Waals surface area contributed by atoms with Crippen molar-refractivity contribution in [2.45, 2.75) is 13.0 Å². The third kappa shape index (κ3) is 3.16. The second-order valence-electron chi connectivity index (χ2n) is 5.18. The van der Waals surface area contributed by atoms with E-state index in [-0.39, 0.29) is 5.97 Å². The largest absolute Gasteiger partial charge is 0.497 e. The van der Waals surface area contributed by atoms with Crippen LogP contribution in [0.2, 0.25) is 0 Å². The molecule has 3 aromatic rings. The highest BCUT2D eigenvalue weighted by Crippen LogP contribution is 2.31. The third-order valence-corrected chi connectivity index (χ3v) is 3.66. The molecule has 0 saturated carbocycles. The first kappa shape index (κ1) is 15.0. The number of benzene rings is 2. The van der Waals surface area contributed by atoms with Gasteiger partial charge in [-0.15, -0.1) is 0 Å². The molecule has 0 fully saturated rings. The van der Waals surface area contributed by atoms with Crippen molar-refractivity contribution in [3.05, 3.63) is 72.1 Å². The summed E-state index contributed by atoms with van der Waals surface area (Å²) >= 11 is 0. The topological polar surface area (TPSA) is 48.4 Å². The lowest BCUT2D eigenvalue weighted by Crippen LogP contribution is -2.12. The van der Waals surface area contributed by atoms with E-state index in [0.717, 1.165) is 27.8 Å². The first-order valence-corrected chi connectivity index (χ1v) is 7.34. The molecular formula is C19H17NO3. The number of carbonyl (C=O) groups excluding carboxylic acids is 1. The van der Waals surface area contributed by atoms with Crippen molar-refractivity contribution in [2.75, 3.05) is 7.11 Å². The fourth-order valence-electron chi connectivity index (χ4n) is 2.58. The normalized spacial score (nSPS) is 11.9. The Balaban J connectivity index is 2.12. The highest BCUT2D eigenvalue weighted by molar-refractivity contribution is 5.85. The minimum atomic E-state index is -0.551. The summed E-state index contributed by atoms with van der Waals surface area (Å²) in [5.74, 6) is 0.404. The summed E-state index contributed by atoms with van der Waals surface area (Å²) in [6, 6.07) is 17.3. The fraction of sp³-hybridized carbons (Fsp3) is 0.158. The van der Waals surface area contributed by atoms with Gasteiger partial charge in [0.15, 0.2) is 6.10 Å². The Kier molecular flexibility index (Phi) is 4.24. The molecule has 116 valence electrons. The number of ether oxygens (including phenoxy) is 2. The van der Waals surface area contributed by atoms with Crippen LogP contribution < -0.4 is 4.74 Å². The number of hydrogen-bond acceptors (Lipinski definition) is 4. The molecule has 4 nitrogen and oxygen atoms in total. The van der Waals surface area contributed by atoms with Crippen LogP contribution >= 0.6 is 0 Å². The predicted molar refractivity (Wildman–Crippen MR) is 88.3 cm³/mol. The lowest BCUT2D eigenvalue weighted by Gasteiger charge is -2.19. The molecule has 1 atom stereocenters. The number of nitrogens with zero attached hydrogens (tertiary/aromatic N) is 1. The SMILES string of the molecule is COc1ccc(C(OC(C)=O)c2nccc3ccccc23)cc1. The van der Waals surface area contributed by atoms with Gasteiger partial charge >= 0.3 is 5.97 Å². The quantitative estimate of drug-likeness (QED) is 0.686. The zero-order valence-electron chi connectivity index (χ0n) is 13.0. The zero-order valence-corrected chi connectivity index (χ0v) is 13.0. The molecule has 0 saturated heterocycles. The number of methoxy groups -OCH3 is 1. The summed E-state index contributed by atoms with van der Waals surface area (Å²) in [6.07, 6.45) is 1.18. The fourth-order valence-corrected chi connectivity index (χ4v) is 2.58. The van der Waals surface area contributed by atoms with Crippen LogP contribution in [0.25, 0.3) is 10.8 Å². The second kappa shape index (κ2) is 6.48. The van der Waals surface area contributed by atoms with Gasteiger partial charge in [-0.25, -0.2) is 0 Å². The Morgan fingerprint density at radius 2 is 1.78 bits per heavy atom. The van der Waals surface area contributed by atoms with Gasteiger partial charge in [-0.2, -0.15) is 0 Å². The van der Waals surface area contributed by atoms with Gasteiger partial charge in [0, 0.05) is 18.5 Å². The van der Waals surface area contributed by atoms with Crippen LogP contribution in [0.1, 0.15) is 24.3 Å². The van der Waals surface area contributed by atoms with Crippen LogP contribution in [0.3, 0.4) is 0 Å². The van der Waals surface area contributed by atoms with Gasteiger partial charge in [-0.05, 0) is 29.1 Å². The van der Waals surface area contributed by atoms with E-state index in [9.17, 15) is 4.79 Å². The van der Waals surface area contributed by atoms with E-state index in [0.29, 0.717) is 0 Å².